The van der Waals surface area contributed by atoms with Crippen LogP contribution in [-0.4, -0.2) is 37.6 Å². The molecule has 54 heavy (non-hydrogen) atoms. The summed E-state index contributed by atoms with van der Waals surface area (Å²) in [6, 6.07) is 39.9. The maximum Gasteiger partial charge on any atom is 0.343 e. The van der Waals surface area contributed by atoms with Crippen LogP contribution in [0.25, 0.3) is 10.8 Å². The summed E-state index contributed by atoms with van der Waals surface area (Å²) in [5, 5.41) is 1.46. The number of esters is 2. The summed E-state index contributed by atoms with van der Waals surface area (Å²) in [6.07, 6.45) is 7.71. The van der Waals surface area contributed by atoms with E-state index in [0.717, 1.165) is 65.1 Å². The van der Waals surface area contributed by atoms with Gasteiger partial charge in [0, 0.05) is 17.8 Å². The number of hydrogen-bond donors (Lipinski definition) is 0. The molecule has 6 rings (SSSR count). The quantitative estimate of drug-likeness (QED) is 0.0428. The zero-order chi connectivity index (χ0) is 37.5. The molecule has 8 nitrogen and oxygen atoms in total. The van der Waals surface area contributed by atoms with Crippen LogP contribution in [-0.2, 0) is 0 Å². The first-order valence-corrected chi connectivity index (χ1v) is 18.2. The maximum absolute atomic E-state index is 13.1. The summed E-state index contributed by atoms with van der Waals surface area (Å²) >= 11 is 0. The van der Waals surface area contributed by atoms with Crippen molar-refractivity contribution in [2.75, 3.05) is 13.2 Å². The van der Waals surface area contributed by atoms with E-state index in [9.17, 15) is 9.59 Å². The Hall–Kier alpha value is -6.54. The van der Waals surface area contributed by atoms with Gasteiger partial charge in [0.2, 0.25) is 0 Å². The molecule has 0 saturated carbocycles. The zero-order valence-corrected chi connectivity index (χ0v) is 30.4. The fourth-order valence-corrected chi connectivity index (χ4v) is 5.34. The van der Waals surface area contributed by atoms with Crippen LogP contribution >= 0.6 is 0 Å². The lowest BCUT2D eigenvalue weighted by Crippen LogP contribution is -2.09. The van der Waals surface area contributed by atoms with Crippen molar-refractivity contribution in [3.05, 3.63) is 156 Å². The Morgan fingerprint density at radius 3 is 1.52 bits per heavy atom. The predicted octanol–water partition coefficient (Wildman–Crippen LogP) is 11.1. The first kappa shape index (κ1) is 37.2. The van der Waals surface area contributed by atoms with Crippen molar-refractivity contribution in [3.63, 3.8) is 0 Å². The molecule has 272 valence electrons. The fourth-order valence-electron chi connectivity index (χ4n) is 5.34. The summed E-state index contributed by atoms with van der Waals surface area (Å²) < 4.78 is 22.9. The van der Waals surface area contributed by atoms with Crippen LogP contribution in [0.1, 0.15) is 71.4 Å². The Kier molecular flexibility index (Phi) is 13.0. The van der Waals surface area contributed by atoms with Crippen molar-refractivity contribution in [1.82, 2.24) is 0 Å². The Balaban J connectivity index is 1.02. The summed E-state index contributed by atoms with van der Waals surface area (Å²) in [5.41, 5.74) is 4.11. The highest BCUT2D eigenvalue weighted by Gasteiger charge is 2.13. The van der Waals surface area contributed by atoms with E-state index in [2.05, 4.69) is 23.8 Å². The number of hydrogen-bond acceptors (Lipinski definition) is 8. The number of nitrogens with zero attached hydrogens (tertiary/aromatic N) is 2. The minimum Gasteiger partial charge on any atom is -0.494 e. The molecule has 0 aliphatic rings. The van der Waals surface area contributed by atoms with E-state index < -0.39 is 11.9 Å². The molecular formula is C46H42N2O6. The monoisotopic (exact) mass is 718 g/mol. The average molecular weight is 719 g/mol. The highest BCUT2D eigenvalue weighted by molar-refractivity contribution is 5.97. The van der Waals surface area contributed by atoms with Crippen molar-refractivity contribution in [3.8, 4) is 23.0 Å². The molecule has 0 amide bonds. The predicted molar refractivity (Wildman–Crippen MR) is 215 cm³/mol. The van der Waals surface area contributed by atoms with E-state index in [1.54, 1.807) is 67.0 Å². The number of fused-ring (bicyclic) bond motifs is 1. The molecule has 8 heteroatoms. The first-order valence-electron chi connectivity index (χ1n) is 18.2. The van der Waals surface area contributed by atoms with Gasteiger partial charge >= 0.3 is 11.9 Å². The number of carbonyl (C=O) groups excluding carboxylic acids is 2. The van der Waals surface area contributed by atoms with E-state index in [0.29, 0.717) is 41.2 Å². The third kappa shape index (κ3) is 10.5. The smallest absolute Gasteiger partial charge is 0.343 e. The highest BCUT2D eigenvalue weighted by Crippen LogP contribution is 2.30. The molecule has 0 aromatic heterocycles. The molecule has 0 fully saturated rings. The third-order valence-electron chi connectivity index (χ3n) is 8.45. The van der Waals surface area contributed by atoms with Crippen LogP contribution in [0.3, 0.4) is 0 Å². The van der Waals surface area contributed by atoms with Gasteiger partial charge in [-0.3, -0.25) is 9.98 Å². The summed E-state index contributed by atoms with van der Waals surface area (Å²) in [6.45, 7) is 5.67. The fraction of sp³-hybridized carbons (Fsp3) is 0.174. The number of carbonyl (C=O) groups is 2. The Labute approximate surface area is 315 Å². The molecule has 6 aromatic carbocycles. The van der Waals surface area contributed by atoms with Crippen molar-refractivity contribution < 1.29 is 28.5 Å². The Morgan fingerprint density at radius 2 is 1.02 bits per heavy atom. The van der Waals surface area contributed by atoms with Crippen molar-refractivity contribution in [2.24, 2.45) is 9.98 Å². The minimum atomic E-state index is -0.488. The van der Waals surface area contributed by atoms with Gasteiger partial charge in [-0.05, 0) is 126 Å². The van der Waals surface area contributed by atoms with Crippen LogP contribution in [0.4, 0.5) is 11.4 Å². The van der Waals surface area contributed by atoms with Crippen LogP contribution in [0.2, 0.25) is 0 Å². The molecule has 0 saturated heterocycles. The maximum atomic E-state index is 13.1. The summed E-state index contributed by atoms with van der Waals surface area (Å²) in [7, 11) is 0. The van der Waals surface area contributed by atoms with E-state index in [-0.39, 0.29) is 0 Å². The van der Waals surface area contributed by atoms with Gasteiger partial charge in [-0.15, -0.1) is 0 Å². The Morgan fingerprint density at radius 1 is 0.537 bits per heavy atom. The number of aliphatic imine (C=N–C) groups is 2. The molecule has 0 spiro atoms. The molecule has 0 N–H and O–H groups in total. The van der Waals surface area contributed by atoms with Gasteiger partial charge in [-0.2, -0.15) is 0 Å². The highest BCUT2D eigenvalue weighted by atomic mass is 16.5. The number of rotatable bonds is 16. The van der Waals surface area contributed by atoms with Gasteiger partial charge in [-0.1, -0.05) is 63.1 Å². The van der Waals surface area contributed by atoms with E-state index >= 15 is 0 Å². The molecule has 0 aliphatic heterocycles. The minimum absolute atomic E-state index is 0.372. The summed E-state index contributed by atoms with van der Waals surface area (Å²) in [5.74, 6) is 1.45. The molecule has 0 heterocycles. The Bertz CT molecular complexity index is 2210. The van der Waals surface area contributed by atoms with Gasteiger partial charge in [0.15, 0.2) is 0 Å². The van der Waals surface area contributed by atoms with Gasteiger partial charge in [0.1, 0.15) is 23.0 Å². The van der Waals surface area contributed by atoms with Gasteiger partial charge in [-0.25, -0.2) is 9.59 Å². The van der Waals surface area contributed by atoms with Crippen molar-refractivity contribution in [2.45, 2.75) is 39.5 Å². The van der Waals surface area contributed by atoms with Crippen LogP contribution in [0, 0.1) is 0 Å². The van der Waals surface area contributed by atoms with Crippen LogP contribution in [0.5, 0.6) is 23.0 Å². The molecule has 6 aromatic rings. The van der Waals surface area contributed by atoms with Gasteiger partial charge < -0.3 is 18.9 Å². The zero-order valence-electron chi connectivity index (χ0n) is 30.4. The van der Waals surface area contributed by atoms with E-state index in [1.807, 2.05) is 78.9 Å². The van der Waals surface area contributed by atoms with Gasteiger partial charge in [0.05, 0.1) is 35.7 Å². The second-order valence-corrected chi connectivity index (χ2v) is 12.6. The van der Waals surface area contributed by atoms with Crippen molar-refractivity contribution in [1.29, 1.82) is 0 Å². The second kappa shape index (κ2) is 18.8. The SMILES string of the molecule is CCCCOc1ccc(N=Cc2ccc(C(=O)Oc3ccc4c(OC(=O)c5ccc(C=Nc6ccc(OCCCC)cc6)cc5)cccc4c3)cc2)cc1. The van der Waals surface area contributed by atoms with Crippen LogP contribution < -0.4 is 18.9 Å². The number of ether oxygens (including phenoxy) is 4. The topological polar surface area (TPSA) is 95.8 Å². The number of unbranched alkanes of at least 4 members (excludes halogenated alkanes) is 2. The third-order valence-corrected chi connectivity index (χ3v) is 8.45. The molecular weight excluding hydrogens is 677 g/mol. The largest absolute Gasteiger partial charge is 0.494 e. The molecule has 0 aliphatic carbocycles. The lowest BCUT2D eigenvalue weighted by molar-refractivity contribution is 0.0727. The second-order valence-electron chi connectivity index (χ2n) is 12.6. The first-order chi connectivity index (χ1) is 26.5. The normalized spacial score (nSPS) is 11.2. The molecule has 0 atom stereocenters. The standard InChI is InChI=1S/C46H42N2O6/c1-3-5-28-51-40-22-18-38(19-23-40)47-31-33-10-14-35(15-11-33)45(49)53-42-26-27-43-37(30-42)8-7-9-44(43)54-46(50)36-16-12-34(13-17-36)32-48-39-20-24-41(25-21-39)52-29-6-4-2/h7-27,30-32H,3-6,28-29H2,1-2H3. The van der Waals surface area contributed by atoms with E-state index in [1.165, 1.54) is 0 Å². The van der Waals surface area contributed by atoms with E-state index in [4.69, 9.17) is 18.9 Å². The van der Waals surface area contributed by atoms with Gasteiger partial charge in [0.25, 0.3) is 0 Å². The lowest BCUT2D eigenvalue weighted by Gasteiger charge is -2.10. The van der Waals surface area contributed by atoms with Crippen molar-refractivity contribution >= 4 is 46.5 Å². The molecule has 0 bridgehead atoms. The lowest BCUT2D eigenvalue weighted by atomic mass is 10.1. The molecule has 0 unspecified atom stereocenters. The molecule has 0 radical (unpaired) electrons. The van der Waals surface area contributed by atoms with Crippen LogP contribution in [0.15, 0.2) is 143 Å². The summed E-state index contributed by atoms with van der Waals surface area (Å²) in [4.78, 5) is 35.1. The number of benzene rings is 6. The average Bonchev–Trinajstić information content (AvgIpc) is 3.21.